The second-order valence-corrected chi connectivity index (χ2v) is 4.46. The van der Waals surface area contributed by atoms with E-state index >= 15 is 0 Å². The fraction of sp³-hybridized carbons (Fsp3) is 0.636. The fourth-order valence-electron chi connectivity index (χ4n) is 1.84. The molecule has 8 heteroatoms. The lowest BCUT2D eigenvalue weighted by Gasteiger charge is -2.10. The van der Waals surface area contributed by atoms with Crippen LogP contribution in [0.4, 0.5) is 11.5 Å². The predicted octanol–water partition coefficient (Wildman–Crippen LogP) is 1.41. The minimum Gasteiger partial charge on any atom is -0.481 e. The first-order valence-electron chi connectivity index (χ1n) is 6.02. The predicted molar refractivity (Wildman–Crippen MR) is 69.1 cm³/mol. The van der Waals surface area contributed by atoms with Crippen molar-refractivity contribution < 1.29 is 14.8 Å². The third-order valence-electron chi connectivity index (χ3n) is 2.75. The van der Waals surface area contributed by atoms with E-state index < -0.39 is 10.9 Å². The van der Waals surface area contributed by atoms with Crippen LogP contribution in [-0.2, 0) is 18.3 Å². The molecule has 1 heterocycles. The Balaban J connectivity index is 2.86. The lowest BCUT2D eigenvalue weighted by Crippen LogP contribution is -2.17. The zero-order valence-corrected chi connectivity index (χ0v) is 11.2. The monoisotopic (exact) mass is 270 g/mol. The van der Waals surface area contributed by atoms with E-state index in [1.807, 2.05) is 0 Å². The Morgan fingerprint density at radius 2 is 2.26 bits per heavy atom. The Kier molecular flexibility index (Phi) is 4.85. The minimum absolute atomic E-state index is 0.0132. The second-order valence-electron chi connectivity index (χ2n) is 4.46. The molecule has 1 aromatic heterocycles. The number of carboxylic acid groups (broad SMARTS) is 1. The van der Waals surface area contributed by atoms with Crippen molar-refractivity contribution >= 4 is 17.5 Å². The van der Waals surface area contributed by atoms with Gasteiger partial charge in [0, 0.05) is 20.0 Å². The van der Waals surface area contributed by atoms with Crippen LogP contribution in [0.25, 0.3) is 0 Å². The summed E-state index contributed by atoms with van der Waals surface area (Å²) in [6.45, 7) is 3.91. The van der Waals surface area contributed by atoms with Crippen LogP contribution in [0.2, 0.25) is 0 Å². The maximum absolute atomic E-state index is 11.1. The molecule has 106 valence electrons. The first-order valence-corrected chi connectivity index (χ1v) is 6.02. The van der Waals surface area contributed by atoms with Gasteiger partial charge in [0.1, 0.15) is 5.69 Å². The maximum Gasteiger partial charge on any atom is 0.333 e. The molecule has 0 saturated carbocycles. The Bertz CT molecular complexity index is 483. The molecule has 1 rings (SSSR count). The zero-order chi connectivity index (χ0) is 14.6. The van der Waals surface area contributed by atoms with Gasteiger partial charge < -0.3 is 10.4 Å². The minimum atomic E-state index is -0.886. The van der Waals surface area contributed by atoms with Crippen molar-refractivity contribution in [3.63, 3.8) is 0 Å². The molecule has 0 spiro atoms. The van der Waals surface area contributed by atoms with E-state index in [2.05, 4.69) is 10.4 Å². The number of nitro groups is 1. The molecule has 0 saturated heterocycles. The quantitative estimate of drug-likeness (QED) is 0.572. The third-order valence-corrected chi connectivity index (χ3v) is 2.75. The van der Waals surface area contributed by atoms with Crippen LogP contribution < -0.4 is 5.32 Å². The van der Waals surface area contributed by atoms with Crippen LogP contribution in [0.15, 0.2) is 0 Å². The molecule has 0 aliphatic rings. The number of aromatic nitrogens is 2. The topological polar surface area (TPSA) is 110 Å². The van der Waals surface area contributed by atoms with Crippen molar-refractivity contribution in [2.75, 3.05) is 11.9 Å². The average Bonchev–Trinajstić information content (AvgIpc) is 2.62. The highest BCUT2D eigenvalue weighted by molar-refractivity contribution is 5.67. The van der Waals surface area contributed by atoms with Crippen LogP contribution in [0.3, 0.4) is 0 Å². The molecule has 0 radical (unpaired) electrons. The van der Waals surface area contributed by atoms with Crippen molar-refractivity contribution in [3.05, 3.63) is 15.8 Å². The first kappa shape index (κ1) is 14.9. The number of anilines is 1. The number of nitrogens with zero attached hydrogens (tertiary/aromatic N) is 3. The van der Waals surface area contributed by atoms with E-state index in [0.29, 0.717) is 24.5 Å². The van der Waals surface area contributed by atoms with Crippen LogP contribution in [0.5, 0.6) is 0 Å². The van der Waals surface area contributed by atoms with E-state index in [0.717, 1.165) is 0 Å². The van der Waals surface area contributed by atoms with Gasteiger partial charge in [-0.1, -0.05) is 13.8 Å². The van der Waals surface area contributed by atoms with Gasteiger partial charge in [0.05, 0.1) is 4.92 Å². The number of carbonyl (C=O) groups is 1. The number of aryl methyl sites for hydroxylation is 2. The van der Waals surface area contributed by atoms with Gasteiger partial charge in [-0.05, 0) is 12.3 Å². The van der Waals surface area contributed by atoms with Gasteiger partial charge in [-0.3, -0.25) is 14.9 Å². The SMILES string of the molecule is CCc1nn(C)c(NCC(C)CC(=O)O)c1[N+](=O)[O-]. The van der Waals surface area contributed by atoms with Crippen LogP contribution in [0, 0.1) is 16.0 Å². The molecule has 8 nitrogen and oxygen atoms in total. The van der Waals surface area contributed by atoms with E-state index in [-0.39, 0.29) is 18.0 Å². The standard InChI is InChI=1S/C11H18N4O4/c1-4-8-10(15(18)19)11(14(3)13-8)12-6-7(2)5-9(16)17/h7,12H,4-6H2,1-3H3,(H,16,17). The van der Waals surface area contributed by atoms with Crippen LogP contribution in [0.1, 0.15) is 26.0 Å². The summed E-state index contributed by atoms with van der Waals surface area (Å²) in [7, 11) is 1.62. The zero-order valence-electron chi connectivity index (χ0n) is 11.2. The lowest BCUT2D eigenvalue weighted by atomic mass is 10.1. The Morgan fingerprint density at radius 1 is 1.63 bits per heavy atom. The fourth-order valence-corrected chi connectivity index (χ4v) is 1.84. The number of carboxylic acids is 1. The summed E-state index contributed by atoms with van der Waals surface area (Å²) in [5.41, 5.74) is 0.383. The van der Waals surface area contributed by atoms with Gasteiger partial charge in [0.15, 0.2) is 0 Å². The summed E-state index contributed by atoms with van der Waals surface area (Å²) in [5.74, 6) is -0.695. The highest BCUT2D eigenvalue weighted by Crippen LogP contribution is 2.28. The molecule has 2 N–H and O–H groups in total. The van der Waals surface area contributed by atoms with E-state index in [9.17, 15) is 14.9 Å². The van der Waals surface area contributed by atoms with Crippen molar-refractivity contribution in [2.24, 2.45) is 13.0 Å². The Morgan fingerprint density at radius 3 is 2.74 bits per heavy atom. The Hall–Kier alpha value is -2.12. The summed E-state index contributed by atoms with van der Waals surface area (Å²) >= 11 is 0. The lowest BCUT2D eigenvalue weighted by molar-refractivity contribution is -0.384. The van der Waals surface area contributed by atoms with E-state index in [1.54, 1.807) is 20.9 Å². The molecule has 0 aromatic carbocycles. The van der Waals surface area contributed by atoms with Crippen molar-refractivity contribution in [1.29, 1.82) is 0 Å². The summed E-state index contributed by atoms with van der Waals surface area (Å²) < 4.78 is 1.42. The van der Waals surface area contributed by atoms with Crippen molar-refractivity contribution in [1.82, 2.24) is 9.78 Å². The molecule has 19 heavy (non-hydrogen) atoms. The molecule has 0 aliphatic carbocycles. The van der Waals surface area contributed by atoms with Gasteiger partial charge in [-0.15, -0.1) is 0 Å². The van der Waals surface area contributed by atoms with Crippen molar-refractivity contribution in [2.45, 2.75) is 26.7 Å². The van der Waals surface area contributed by atoms with E-state index in [1.165, 1.54) is 4.68 Å². The van der Waals surface area contributed by atoms with Crippen LogP contribution >= 0.6 is 0 Å². The van der Waals surface area contributed by atoms with Gasteiger partial charge in [0.25, 0.3) is 0 Å². The molecule has 0 bridgehead atoms. The highest BCUT2D eigenvalue weighted by atomic mass is 16.6. The van der Waals surface area contributed by atoms with Gasteiger partial charge >= 0.3 is 11.7 Å². The largest absolute Gasteiger partial charge is 0.481 e. The summed E-state index contributed by atoms with van der Waals surface area (Å²) in [6, 6.07) is 0. The normalized spacial score (nSPS) is 12.2. The molecule has 0 fully saturated rings. The van der Waals surface area contributed by atoms with Gasteiger partial charge in [-0.2, -0.15) is 5.10 Å². The molecule has 1 unspecified atom stereocenters. The number of hydrogen-bond acceptors (Lipinski definition) is 5. The van der Waals surface area contributed by atoms with Crippen molar-refractivity contribution in [3.8, 4) is 0 Å². The summed E-state index contributed by atoms with van der Waals surface area (Å²) in [5, 5.41) is 26.7. The smallest absolute Gasteiger partial charge is 0.333 e. The number of hydrogen-bond donors (Lipinski definition) is 2. The number of nitrogens with one attached hydrogen (secondary N) is 1. The summed E-state index contributed by atoms with van der Waals surface area (Å²) in [6.07, 6.45) is 0.482. The molecule has 1 atom stereocenters. The average molecular weight is 270 g/mol. The third kappa shape index (κ3) is 3.67. The number of aliphatic carboxylic acids is 1. The first-order chi connectivity index (χ1) is 8.86. The molecular formula is C11H18N4O4. The molecule has 0 amide bonds. The molecule has 0 aliphatic heterocycles. The van der Waals surface area contributed by atoms with E-state index in [4.69, 9.17) is 5.11 Å². The molecule has 1 aromatic rings. The summed E-state index contributed by atoms with van der Waals surface area (Å²) in [4.78, 5) is 21.2. The van der Waals surface area contributed by atoms with Crippen LogP contribution in [-0.4, -0.2) is 32.3 Å². The molecular weight excluding hydrogens is 252 g/mol. The number of rotatable bonds is 7. The maximum atomic E-state index is 11.1. The highest BCUT2D eigenvalue weighted by Gasteiger charge is 2.25. The Labute approximate surface area is 110 Å². The van der Waals surface area contributed by atoms with Gasteiger partial charge in [-0.25, -0.2) is 4.68 Å². The second kappa shape index (κ2) is 6.17. The van der Waals surface area contributed by atoms with Gasteiger partial charge in [0.2, 0.25) is 5.82 Å².